The third-order valence-corrected chi connectivity index (χ3v) is 8.27. The van der Waals surface area contributed by atoms with Crippen LogP contribution in [0.2, 0.25) is 0 Å². The molecule has 0 spiro atoms. The Kier molecular flexibility index (Phi) is 7.49. The maximum absolute atomic E-state index is 14.0. The van der Waals surface area contributed by atoms with Crippen LogP contribution in [-0.4, -0.2) is 29.4 Å². The predicted molar refractivity (Wildman–Crippen MR) is 147 cm³/mol. The van der Waals surface area contributed by atoms with Gasteiger partial charge in [0, 0.05) is 19.3 Å². The van der Waals surface area contributed by atoms with Crippen molar-refractivity contribution in [1.82, 2.24) is 14.3 Å². The van der Waals surface area contributed by atoms with Gasteiger partial charge in [-0.3, -0.25) is 9.59 Å². The van der Waals surface area contributed by atoms with Crippen molar-refractivity contribution in [3.8, 4) is 11.6 Å². The van der Waals surface area contributed by atoms with E-state index < -0.39 is 21.2 Å². The van der Waals surface area contributed by atoms with E-state index >= 15 is 0 Å². The van der Waals surface area contributed by atoms with Crippen LogP contribution < -0.4 is 20.0 Å². The van der Waals surface area contributed by atoms with Gasteiger partial charge in [0.1, 0.15) is 10.3 Å². The number of aryl methyl sites for hydroxylation is 1. The number of ether oxygens (including phenoxy) is 1. The van der Waals surface area contributed by atoms with E-state index in [-0.39, 0.29) is 57.7 Å². The highest BCUT2D eigenvalue weighted by Gasteiger charge is 2.32. The predicted octanol–water partition coefficient (Wildman–Crippen LogP) is 4.97. The molecule has 2 aromatic heterocycles. The largest absolute Gasteiger partial charge is 0.488 e. The van der Waals surface area contributed by atoms with Gasteiger partial charge in [-0.15, -0.1) is 5.10 Å². The fraction of sp³-hybridized carbons (Fsp3) is 0.536. The third-order valence-electron chi connectivity index (χ3n) is 6.92. The molecule has 9 nitrogen and oxygen atoms in total. The van der Waals surface area contributed by atoms with E-state index in [0.717, 1.165) is 23.1 Å². The molecule has 2 heterocycles. The first kappa shape index (κ1) is 27.9. The Labute approximate surface area is 223 Å². The van der Waals surface area contributed by atoms with Crippen molar-refractivity contribution in [2.24, 2.45) is 7.05 Å². The van der Waals surface area contributed by atoms with Crippen LogP contribution in [0.1, 0.15) is 102 Å². The highest BCUT2D eigenvalue weighted by Crippen LogP contribution is 2.39. The molecule has 4 rings (SSSR count). The van der Waals surface area contributed by atoms with Gasteiger partial charge in [-0.2, -0.15) is 8.42 Å². The summed E-state index contributed by atoms with van der Waals surface area (Å²) in [6, 6.07) is 3.83. The van der Waals surface area contributed by atoms with Crippen molar-refractivity contribution < 1.29 is 17.3 Å². The second-order valence-electron chi connectivity index (χ2n) is 10.9. The number of fused-ring (bicyclic) bond motifs is 1. The van der Waals surface area contributed by atoms with Gasteiger partial charge in [0.15, 0.2) is 5.75 Å². The van der Waals surface area contributed by atoms with Gasteiger partial charge >= 0.3 is 10.1 Å². The maximum atomic E-state index is 14.0. The normalized spacial score (nSPS) is 14.2. The second kappa shape index (κ2) is 10.2. The molecule has 1 aromatic carbocycles. The van der Waals surface area contributed by atoms with Crippen LogP contribution in [0, 0.1) is 0 Å². The number of benzene rings is 1. The molecule has 0 bridgehead atoms. The number of nitrogens with zero attached hydrogens (tertiary/aromatic N) is 3. The van der Waals surface area contributed by atoms with E-state index in [2.05, 4.69) is 18.9 Å². The van der Waals surface area contributed by atoms with E-state index in [1.54, 1.807) is 6.92 Å². The molecule has 1 aliphatic carbocycles. The highest BCUT2D eigenvalue weighted by atomic mass is 32.2. The van der Waals surface area contributed by atoms with E-state index in [0.29, 0.717) is 11.1 Å². The Bertz CT molecular complexity index is 1580. The van der Waals surface area contributed by atoms with Crippen molar-refractivity contribution in [3.63, 3.8) is 0 Å². The average Bonchev–Trinajstić information content (AvgIpc) is 3.67. The van der Waals surface area contributed by atoms with Crippen LogP contribution in [0.3, 0.4) is 0 Å². The first-order chi connectivity index (χ1) is 17.8. The standard InChI is InChI=1S/C28H37N3O6S/c1-9-36-24-23-22(14-31(28(24)33)19-10-11-19)26(29-30(8)27(23)32)37-38(34,35)25-20(16(4)5)12-18(15(2)3)13-21(25)17(6)7/h12-17,19H,9-11H2,1-8H3. The lowest BCUT2D eigenvalue weighted by molar-refractivity contribution is 0.335. The topological polar surface area (TPSA) is 109 Å². The molecule has 1 saturated carbocycles. The van der Waals surface area contributed by atoms with Crippen molar-refractivity contribution in [3.05, 3.63) is 55.7 Å². The maximum Gasteiger partial charge on any atom is 0.341 e. The molecule has 10 heteroatoms. The van der Waals surface area contributed by atoms with Crippen LogP contribution in [0.4, 0.5) is 0 Å². The van der Waals surface area contributed by atoms with Gasteiger partial charge in [0.2, 0.25) is 0 Å². The fourth-order valence-corrected chi connectivity index (χ4v) is 6.25. The van der Waals surface area contributed by atoms with Gasteiger partial charge in [0.05, 0.1) is 12.0 Å². The molecule has 0 amide bonds. The summed E-state index contributed by atoms with van der Waals surface area (Å²) in [6.07, 6.45) is 3.09. The Balaban J connectivity index is 2.01. The fourth-order valence-electron chi connectivity index (χ4n) is 4.67. The molecule has 0 N–H and O–H groups in total. The molecule has 3 aromatic rings. The Morgan fingerprint density at radius 3 is 2.03 bits per heavy atom. The van der Waals surface area contributed by atoms with Crippen LogP contribution in [-0.2, 0) is 17.2 Å². The summed E-state index contributed by atoms with van der Waals surface area (Å²) in [4.78, 5) is 26.4. The summed E-state index contributed by atoms with van der Waals surface area (Å²) < 4.78 is 41.9. The van der Waals surface area contributed by atoms with Gasteiger partial charge < -0.3 is 13.5 Å². The molecule has 1 aliphatic rings. The van der Waals surface area contributed by atoms with Crippen LogP contribution in [0.5, 0.6) is 11.6 Å². The lowest BCUT2D eigenvalue weighted by Gasteiger charge is -2.22. The zero-order valence-electron chi connectivity index (χ0n) is 23.4. The van der Waals surface area contributed by atoms with E-state index in [9.17, 15) is 18.0 Å². The van der Waals surface area contributed by atoms with E-state index in [4.69, 9.17) is 8.92 Å². The molecule has 0 saturated heterocycles. The summed E-state index contributed by atoms with van der Waals surface area (Å²) in [5, 5.41) is 4.28. The molecule has 0 aliphatic heterocycles. The zero-order chi connectivity index (χ0) is 28.1. The van der Waals surface area contributed by atoms with Crippen molar-refractivity contribution >= 4 is 20.9 Å². The summed E-state index contributed by atoms with van der Waals surface area (Å²) in [5.41, 5.74) is 1.39. The smallest absolute Gasteiger partial charge is 0.341 e. The number of hydrogen-bond acceptors (Lipinski definition) is 7. The van der Waals surface area contributed by atoms with Crippen LogP contribution in [0.15, 0.2) is 32.8 Å². The Morgan fingerprint density at radius 1 is 0.974 bits per heavy atom. The van der Waals surface area contributed by atoms with Crippen molar-refractivity contribution in [2.75, 3.05) is 6.61 Å². The molecule has 206 valence electrons. The summed E-state index contributed by atoms with van der Waals surface area (Å²) >= 11 is 0. The number of hydrogen-bond donors (Lipinski definition) is 0. The SMILES string of the molecule is CCOc1c(=O)n(C2CC2)cc2c(OS(=O)(=O)c3c(C(C)C)cc(C(C)C)cc3C(C)C)nn(C)c(=O)c12. The molecule has 0 unspecified atom stereocenters. The first-order valence-electron chi connectivity index (χ1n) is 13.2. The monoisotopic (exact) mass is 543 g/mol. The lowest BCUT2D eigenvalue weighted by atomic mass is 9.89. The molecule has 0 atom stereocenters. The molecule has 0 radical (unpaired) electrons. The molecular formula is C28H37N3O6S. The molecule has 38 heavy (non-hydrogen) atoms. The Hall–Kier alpha value is -3.14. The highest BCUT2D eigenvalue weighted by molar-refractivity contribution is 7.87. The number of aromatic nitrogens is 3. The minimum atomic E-state index is -4.39. The third kappa shape index (κ3) is 4.98. The minimum absolute atomic E-state index is 0.0386. The van der Waals surface area contributed by atoms with Crippen LogP contribution >= 0.6 is 0 Å². The van der Waals surface area contributed by atoms with E-state index in [1.807, 2.05) is 39.8 Å². The zero-order valence-corrected chi connectivity index (χ0v) is 24.2. The summed E-state index contributed by atoms with van der Waals surface area (Å²) in [6.45, 7) is 13.8. The summed E-state index contributed by atoms with van der Waals surface area (Å²) in [7, 11) is -3.00. The van der Waals surface area contributed by atoms with Gasteiger partial charge in [0.25, 0.3) is 17.0 Å². The minimum Gasteiger partial charge on any atom is -0.488 e. The quantitative estimate of drug-likeness (QED) is 0.351. The second-order valence-corrected chi connectivity index (χ2v) is 12.4. The summed E-state index contributed by atoms with van der Waals surface area (Å²) in [5.74, 6) is -0.347. The molecule has 1 fully saturated rings. The van der Waals surface area contributed by atoms with Gasteiger partial charge in [-0.1, -0.05) is 53.7 Å². The van der Waals surface area contributed by atoms with Crippen LogP contribution in [0.25, 0.3) is 10.8 Å². The number of rotatable bonds is 9. The van der Waals surface area contributed by atoms with Crippen molar-refractivity contribution in [1.29, 1.82) is 0 Å². The molecular weight excluding hydrogens is 506 g/mol. The Morgan fingerprint density at radius 2 is 1.55 bits per heavy atom. The van der Waals surface area contributed by atoms with Gasteiger partial charge in [-0.05, 0) is 54.2 Å². The number of pyridine rings is 1. The van der Waals surface area contributed by atoms with Crippen molar-refractivity contribution in [2.45, 2.75) is 90.0 Å². The van der Waals surface area contributed by atoms with Gasteiger partial charge in [-0.25, -0.2) is 4.68 Å². The lowest BCUT2D eigenvalue weighted by Crippen LogP contribution is -2.28. The average molecular weight is 544 g/mol. The first-order valence-corrected chi connectivity index (χ1v) is 14.6. The van der Waals surface area contributed by atoms with E-state index in [1.165, 1.54) is 17.8 Å².